The molecule has 0 saturated carbocycles. The molecule has 3 rings (SSSR count). The molecule has 0 radical (unpaired) electrons. The number of nitrogens with zero attached hydrogens (tertiary/aromatic N) is 2. The first-order valence-corrected chi connectivity index (χ1v) is 10.7. The van der Waals surface area contributed by atoms with Gasteiger partial charge in [-0.25, -0.2) is 4.79 Å². The highest BCUT2D eigenvalue weighted by Crippen LogP contribution is 2.31. The standard InChI is InChI=1S/C22H29N3O9/c1-22(2,8-13-6-15(32-3)4-5-16(13)25(30)31)12-33-11-14-9-24(21(29)23-20(14)28)19-7-17(27)18(10-26)34-19/h4-6,9,17-19,26-27H,7-8,10-12H2,1-3H3,(H,23,28,29)/t17-,18+,19+/m0/s1. The third-order valence-corrected chi connectivity index (χ3v) is 5.64. The number of aromatic amines is 1. The van der Waals surface area contributed by atoms with Gasteiger partial charge in [0.05, 0.1) is 43.5 Å². The van der Waals surface area contributed by atoms with Crippen molar-refractivity contribution >= 4 is 5.69 Å². The Morgan fingerprint density at radius 3 is 2.68 bits per heavy atom. The molecule has 12 heteroatoms. The number of ether oxygens (including phenoxy) is 3. The highest BCUT2D eigenvalue weighted by Gasteiger charge is 2.35. The predicted octanol–water partition coefficient (Wildman–Crippen LogP) is 0.880. The molecule has 186 valence electrons. The minimum atomic E-state index is -0.935. The summed E-state index contributed by atoms with van der Waals surface area (Å²) in [7, 11) is 1.48. The highest BCUT2D eigenvalue weighted by atomic mass is 16.6. The normalized spacial score (nSPS) is 20.4. The Morgan fingerprint density at radius 2 is 2.06 bits per heavy atom. The van der Waals surface area contributed by atoms with Crippen LogP contribution in [0, 0.1) is 15.5 Å². The number of hydrogen-bond acceptors (Lipinski definition) is 9. The number of H-pyrrole nitrogens is 1. The van der Waals surface area contributed by atoms with E-state index in [4.69, 9.17) is 14.2 Å². The van der Waals surface area contributed by atoms with Crippen molar-refractivity contribution in [1.82, 2.24) is 9.55 Å². The maximum Gasteiger partial charge on any atom is 0.330 e. The summed E-state index contributed by atoms with van der Waals surface area (Å²) in [6.07, 6.45) is -0.852. The molecule has 0 spiro atoms. The molecule has 0 amide bonds. The quantitative estimate of drug-likeness (QED) is 0.331. The molecule has 12 nitrogen and oxygen atoms in total. The number of aliphatic hydroxyl groups excluding tert-OH is 2. The van der Waals surface area contributed by atoms with Gasteiger partial charge in [0.25, 0.3) is 11.2 Å². The van der Waals surface area contributed by atoms with Gasteiger partial charge in [-0.3, -0.25) is 24.5 Å². The second-order valence-corrected chi connectivity index (χ2v) is 9.02. The fourth-order valence-corrected chi connectivity index (χ4v) is 3.91. The van der Waals surface area contributed by atoms with Gasteiger partial charge in [-0.2, -0.15) is 0 Å². The van der Waals surface area contributed by atoms with Crippen LogP contribution in [0.25, 0.3) is 0 Å². The molecular formula is C22H29N3O9. The number of aliphatic hydroxyl groups is 2. The zero-order chi connectivity index (χ0) is 25.0. The molecule has 0 aliphatic carbocycles. The number of methoxy groups -OCH3 is 1. The molecule has 1 aromatic heterocycles. The number of nitro groups is 1. The first kappa shape index (κ1) is 25.6. The second-order valence-electron chi connectivity index (χ2n) is 9.02. The van der Waals surface area contributed by atoms with Crippen molar-refractivity contribution in [1.29, 1.82) is 0 Å². The van der Waals surface area contributed by atoms with Gasteiger partial charge >= 0.3 is 5.69 Å². The van der Waals surface area contributed by atoms with E-state index < -0.39 is 46.6 Å². The van der Waals surface area contributed by atoms with Gasteiger partial charge in [0.15, 0.2) is 0 Å². The molecule has 1 aromatic carbocycles. The Hall–Kier alpha value is -3.06. The number of aromatic nitrogens is 2. The summed E-state index contributed by atoms with van der Waals surface area (Å²) < 4.78 is 17.6. The molecule has 0 unspecified atom stereocenters. The number of benzene rings is 1. The van der Waals surface area contributed by atoms with Crippen molar-refractivity contribution in [3.05, 3.63) is 66.5 Å². The summed E-state index contributed by atoms with van der Waals surface area (Å²) in [5, 5.41) is 30.6. The van der Waals surface area contributed by atoms with E-state index in [1.807, 2.05) is 13.8 Å². The van der Waals surface area contributed by atoms with Gasteiger partial charge in [-0.05, 0) is 24.0 Å². The summed E-state index contributed by atoms with van der Waals surface area (Å²) >= 11 is 0. The minimum absolute atomic E-state index is 0.0164. The Kier molecular flexibility index (Phi) is 7.87. The molecule has 1 aliphatic heterocycles. The van der Waals surface area contributed by atoms with Gasteiger partial charge in [-0.1, -0.05) is 13.8 Å². The minimum Gasteiger partial charge on any atom is -0.497 e. The van der Waals surface area contributed by atoms with E-state index in [-0.39, 0.29) is 30.9 Å². The lowest BCUT2D eigenvalue weighted by Gasteiger charge is -2.24. The van der Waals surface area contributed by atoms with Gasteiger partial charge in [0, 0.05) is 24.2 Å². The fourth-order valence-electron chi connectivity index (χ4n) is 3.91. The van der Waals surface area contributed by atoms with Gasteiger partial charge in [0.1, 0.15) is 18.1 Å². The Labute approximate surface area is 194 Å². The second kappa shape index (κ2) is 10.5. The molecule has 3 atom stereocenters. The average molecular weight is 479 g/mol. The Balaban J connectivity index is 1.70. The van der Waals surface area contributed by atoms with E-state index >= 15 is 0 Å². The Morgan fingerprint density at radius 1 is 1.32 bits per heavy atom. The lowest BCUT2D eigenvalue weighted by atomic mass is 9.86. The van der Waals surface area contributed by atoms with E-state index in [1.54, 1.807) is 6.07 Å². The fraction of sp³-hybridized carbons (Fsp3) is 0.545. The van der Waals surface area contributed by atoms with Crippen LogP contribution in [0.2, 0.25) is 0 Å². The number of nitrogens with one attached hydrogen (secondary N) is 1. The highest BCUT2D eigenvalue weighted by molar-refractivity contribution is 5.45. The van der Waals surface area contributed by atoms with E-state index in [0.29, 0.717) is 17.7 Å². The number of nitro benzene ring substituents is 1. The van der Waals surface area contributed by atoms with Crippen LogP contribution < -0.4 is 16.0 Å². The van der Waals surface area contributed by atoms with Crippen molar-refractivity contribution in [3.63, 3.8) is 0 Å². The summed E-state index contributed by atoms with van der Waals surface area (Å²) in [4.78, 5) is 37.7. The zero-order valence-electron chi connectivity index (χ0n) is 19.2. The number of rotatable bonds is 10. The van der Waals surface area contributed by atoms with Crippen LogP contribution >= 0.6 is 0 Å². The average Bonchev–Trinajstić information content (AvgIpc) is 3.14. The molecule has 2 aromatic rings. The maximum atomic E-state index is 12.3. The predicted molar refractivity (Wildman–Crippen MR) is 120 cm³/mol. The molecule has 1 saturated heterocycles. The Bertz CT molecular complexity index is 1140. The van der Waals surface area contributed by atoms with Gasteiger partial charge in [0.2, 0.25) is 0 Å². The summed E-state index contributed by atoms with van der Waals surface area (Å²) in [6, 6.07) is 4.55. The van der Waals surface area contributed by atoms with Crippen LogP contribution in [0.4, 0.5) is 5.69 Å². The smallest absolute Gasteiger partial charge is 0.330 e. The van der Waals surface area contributed by atoms with Crippen LogP contribution in [-0.4, -0.2) is 57.2 Å². The van der Waals surface area contributed by atoms with Crippen LogP contribution in [-0.2, 0) is 22.5 Å². The summed E-state index contributed by atoms with van der Waals surface area (Å²) in [6.45, 7) is 3.42. The lowest BCUT2D eigenvalue weighted by molar-refractivity contribution is -0.385. The third kappa shape index (κ3) is 5.89. The van der Waals surface area contributed by atoms with Crippen molar-refractivity contribution in [2.75, 3.05) is 20.3 Å². The van der Waals surface area contributed by atoms with Crippen LogP contribution in [0.15, 0.2) is 34.0 Å². The molecule has 2 heterocycles. The molecule has 1 fully saturated rings. The monoisotopic (exact) mass is 479 g/mol. The van der Waals surface area contributed by atoms with Crippen molar-refractivity contribution < 1.29 is 29.3 Å². The van der Waals surface area contributed by atoms with Crippen molar-refractivity contribution in [3.8, 4) is 5.75 Å². The van der Waals surface area contributed by atoms with Crippen LogP contribution in [0.3, 0.4) is 0 Å². The van der Waals surface area contributed by atoms with E-state index in [2.05, 4.69) is 4.98 Å². The summed E-state index contributed by atoms with van der Waals surface area (Å²) in [5.74, 6) is 0.508. The first-order valence-electron chi connectivity index (χ1n) is 10.7. The number of hydrogen-bond donors (Lipinski definition) is 3. The third-order valence-electron chi connectivity index (χ3n) is 5.64. The van der Waals surface area contributed by atoms with Crippen molar-refractivity contribution in [2.24, 2.45) is 5.41 Å². The van der Waals surface area contributed by atoms with Crippen molar-refractivity contribution in [2.45, 2.75) is 51.7 Å². The van der Waals surface area contributed by atoms with E-state index in [9.17, 15) is 29.9 Å². The first-order chi connectivity index (χ1) is 16.0. The molecule has 3 N–H and O–H groups in total. The van der Waals surface area contributed by atoms with Crippen LogP contribution in [0.1, 0.15) is 37.6 Å². The largest absolute Gasteiger partial charge is 0.497 e. The molecular weight excluding hydrogens is 450 g/mol. The van der Waals surface area contributed by atoms with E-state index in [0.717, 1.165) is 4.57 Å². The molecule has 1 aliphatic rings. The zero-order valence-corrected chi connectivity index (χ0v) is 19.2. The molecule has 0 bridgehead atoms. The summed E-state index contributed by atoms with van der Waals surface area (Å²) in [5.41, 5.74) is -1.17. The molecule has 34 heavy (non-hydrogen) atoms. The maximum absolute atomic E-state index is 12.3. The van der Waals surface area contributed by atoms with Gasteiger partial charge in [-0.15, -0.1) is 0 Å². The van der Waals surface area contributed by atoms with Gasteiger partial charge < -0.3 is 24.4 Å². The SMILES string of the molecule is COc1ccc([N+](=O)[O-])c(CC(C)(C)COCc2cn([C@H]3C[C@H](O)[C@@H](CO)O3)c(=O)[nH]c2=O)c1. The van der Waals surface area contributed by atoms with Crippen LogP contribution in [0.5, 0.6) is 5.75 Å². The van der Waals surface area contributed by atoms with E-state index in [1.165, 1.54) is 25.4 Å². The lowest BCUT2D eigenvalue weighted by Crippen LogP contribution is -2.34. The topological polar surface area (TPSA) is 166 Å².